The first-order chi connectivity index (χ1) is 10.1. The number of furan rings is 1. The molecule has 2 aromatic rings. The van der Waals surface area contributed by atoms with Gasteiger partial charge in [0.1, 0.15) is 31.9 Å². The van der Waals surface area contributed by atoms with E-state index in [1.807, 2.05) is 36.4 Å². The van der Waals surface area contributed by atoms with Gasteiger partial charge in [0.05, 0.1) is 6.10 Å². The van der Waals surface area contributed by atoms with Gasteiger partial charge in [-0.2, -0.15) is 0 Å². The van der Waals surface area contributed by atoms with Crippen LogP contribution in [-0.4, -0.2) is 30.8 Å². The van der Waals surface area contributed by atoms with E-state index in [2.05, 4.69) is 10.6 Å². The molecule has 0 spiro atoms. The second-order valence-electron chi connectivity index (χ2n) is 5.22. The van der Waals surface area contributed by atoms with Crippen LogP contribution in [0.25, 0.3) is 11.3 Å². The second-order valence-corrected chi connectivity index (χ2v) is 5.66. The van der Waals surface area contributed by atoms with Gasteiger partial charge in [0.15, 0.2) is 5.76 Å². The Kier molecular flexibility index (Phi) is 6.26. The summed E-state index contributed by atoms with van der Waals surface area (Å²) in [7, 11) is 0. The third-order valence-electron chi connectivity index (χ3n) is 3.20. The van der Waals surface area contributed by atoms with Crippen molar-refractivity contribution in [1.82, 2.24) is 0 Å². The summed E-state index contributed by atoms with van der Waals surface area (Å²) in [5, 5.41) is 14.2. The Labute approximate surface area is 130 Å². The Morgan fingerprint density at radius 1 is 1.19 bits per heavy atom. The lowest BCUT2D eigenvalue weighted by molar-refractivity contribution is -0.733. The number of rotatable bonds is 8. The maximum atomic E-state index is 9.15. The molecule has 0 amide bonds. The van der Waals surface area contributed by atoms with Gasteiger partial charge in [-0.3, -0.25) is 0 Å². The summed E-state index contributed by atoms with van der Waals surface area (Å²) >= 11 is 5.99. The van der Waals surface area contributed by atoms with Crippen molar-refractivity contribution in [2.75, 3.05) is 19.6 Å². The molecule has 0 fully saturated rings. The van der Waals surface area contributed by atoms with E-state index in [0.29, 0.717) is 5.02 Å². The summed E-state index contributed by atoms with van der Waals surface area (Å²) in [5.74, 6) is 1.81. The molecule has 1 aromatic heterocycles. The highest BCUT2D eigenvalue weighted by molar-refractivity contribution is 6.30. The van der Waals surface area contributed by atoms with Crippen LogP contribution in [0, 0.1) is 0 Å². The molecule has 2 rings (SSSR count). The summed E-state index contributed by atoms with van der Waals surface area (Å²) in [6.45, 7) is 5.38. The Morgan fingerprint density at radius 3 is 2.76 bits per heavy atom. The predicted molar refractivity (Wildman–Crippen MR) is 83.0 cm³/mol. The molecule has 1 aromatic carbocycles. The van der Waals surface area contributed by atoms with Gasteiger partial charge in [-0.05, 0) is 31.2 Å². The predicted octanol–water partition coefficient (Wildman–Crippen LogP) is 0.608. The fourth-order valence-electron chi connectivity index (χ4n) is 2.12. The van der Waals surface area contributed by atoms with E-state index < -0.39 is 0 Å². The zero-order valence-corrected chi connectivity index (χ0v) is 13.0. The van der Waals surface area contributed by atoms with Gasteiger partial charge in [-0.15, -0.1) is 0 Å². The van der Waals surface area contributed by atoms with Gasteiger partial charge in [0, 0.05) is 10.6 Å². The lowest BCUT2D eigenvalue weighted by Gasteiger charge is -2.03. The maximum absolute atomic E-state index is 9.15. The highest BCUT2D eigenvalue weighted by Crippen LogP contribution is 2.24. The van der Waals surface area contributed by atoms with Crippen LogP contribution in [0.3, 0.4) is 0 Å². The van der Waals surface area contributed by atoms with Crippen molar-refractivity contribution in [2.24, 2.45) is 0 Å². The number of nitrogens with two attached hydrogens (primary N) is 2. The van der Waals surface area contributed by atoms with Crippen LogP contribution in [0.4, 0.5) is 0 Å². The standard InChI is InChI=1S/C16H21ClN2O2/c1-12(20)10-18-7-8-19-11-15-5-6-16(21-15)13-3-2-4-14(17)9-13/h2-6,9,12,18-20H,7-8,10-11H2,1H3/p+2/t12-/m0/s1. The fourth-order valence-corrected chi connectivity index (χ4v) is 2.31. The quantitative estimate of drug-likeness (QED) is 0.625. The molecular formula is C16H23ClN2O2+2. The number of benzene rings is 1. The monoisotopic (exact) mass is 310 g/mol. The third kappa shape index (κ3) is 5.52. The van der Waals surface area contributed by atoms with Crippen molar-refractivity contribution in [3.8, 4) is 11.3 Å². The molecule has 1 heterocycles. The van der Waals surface area contributed by atoms with E-state index in [1.54, 1.807) is 6.92 Å². The van der Waals surface area contributed by atoms with E-state index in [4.69, 9.17) is 21.1 Å². The van der Waals surface area contributed by atoms with E-state index >= 15 is 0 Å². The molecule has 5 heteroatoms. The van der Waals surface area contributed by atoms with Crippen molar-refractivity contribution in [3.05, 3.63) is 47.2 Å². The van der Waals surface area contributed by atoms with Crippen molar-refractivity contribution in [3.63, 3.8) is 0 Å². The number of aliphatic hydroxyl groups is 1. The maximum Gasteiger partial charge on any atom is 0.158 e. The molecule has 21 heavy (non-hydrogen) atoms. The molecule has 0 bridgehead atoms. The highest BCUT2D eigenvalue weighted by atomic mass is 35.5. The summed E-state index contributed by atoms with van der Waals surface area (Å²) in [4.78, 5) is 0. The highest BCUT2D eigenvalue weighted by Gasteiger charge is 2.06. The van der Waals surface area contributed by atoms with Gasteiger partial charge in [0.25, 0.3) is 0 Å². The van der Waals surface area contributed by atoms with Crippen molar-refractivity contribution in [1.29, 1.82) is 0 Å². The minimum atomic E-state index is -0.240. The summed E-state index contributed by atoms with van der Waals surface area (Å²) < 4.78 is 5.83. The summed E-state index contributed by atoms with van der Waals surface area (Å²) in [6.07, 6.45) is -0.240. The molecule has 5 N–H and O–H groups in total. The molecule has 0 aliphatic carbocycles. The number of aliphatic hydroxyl groups excluding tert-OH is 1. The van der Waals surface area contributed by atoms with E-state index in [0.717, 1.165) is 43.3 Å². The smallest absolute Gasteiger partial charge is 0.158 e. The zero-order chi connectivity index (χ0) is 15.1. The second kappa shape index (κ2) is 8.20. The largest absolute Gasteiger partial charge is 0.455 e. The molecule has 0 aliphatic heterocycles. The fraction of sp³-hybridized carbons (Fsp3) is 0.375. The summed E-state index contributed by atoms with van der Waals surface area (Å²) in [5.41, 5.74) is 0.999. The van der Waals surface area contributed by atoms with Crippen LogP contribution in [0.15, 0.2) is 40.8 Å². The molecule has 0 radical (unpaired) electrons. The molecular weight excluding hydrogens is 288 g/mol. The van der Waals surface area contributed by atoms with Crippen LogP contribution < -0.4 is 10.6 Å². The van der Waals surface area contributed by atoms with Crippen LogP contribution in [0.2, 0.25) is 5.02 Å². The Balaban J connectivity index is 1.76. The molecule has 0 saturated carbocycles. The lowest BCUT2D eigenvalue weighted by atomic mass is 10.2. The first-order valence-electron chi connectivity index (χ1n) is 7.31. The van der Waals surface area contributed by atoms with Gasteiger partial charge in [0.2, 0.25) is 0 Å². The molecule has 0 aliphatic rings. The van der Waals surface area contributed by atoms with E-state index in [-0.39, 0.29) is 6.10 Å². The van der Waals surface area contributed by atoms with Crippen molar-refractivity contribution >= 4 is 11.6 Å². The lowest BCUT2D eigenvalue weighted by Crippen LogP contribution is -2.95. The van der Waals surface area contributed by atoms with Gasteiger partial charge < -0.3 is 20.2 Å². The van der Waals surface area contributed by atoms with Gasteiger partial charge in [-0.25, -0.2) is 0 Å². The molecule has 1 atom stereocenters. The van der Waals surface area contributed by atoms with Crippen LogP contribution in [-0.2, 0) is 6.54 Å². The topological polar surface area (TPSA) is 66.6 Å². The van der Waals surface area contributed by atoms with E-state index in [9.17, 15) is 0 Å². The SMILES string of the molecule is C[C@H](O)C[NH2+]CC[NH2+]Cc1ccc(-c2cccc(Cl)c2)o1. The molecule has 0 saturated heterocycles. The Bertz CT molecular complexity index is 555. The van der Waals surface area contributed by atoms with Crippen molar-refractivity contribution < 1.29 is 20.2 Å². The van der Waals surface area contributed by atoms with Gasteiger partial charge in [-0.1, -0.05) is 23.7 Å². The normalized spacial score (nSPS) is 12.5. The number of hydrogen-bond donors (Lipinski definition) is 3. The van der Waals surface area contributed by atoms with Crippen LogP contribution in [0.1, 0.15) is 12.7 Å². The number of halogens is 1. The van der Waals surface area contributed by atoms with Crippen LogP contribution in [0.5, 0.6) is 0 Å². The molecule has 114 valence electrons. The number of quaternary nitrogens is 2. The Hall–Kier alpha value is -1.33. The molecule has 4 nitrogen and oxygen atoms in total. The van der Waals surface area contributed by atoms with E-state index in [1.165, 1.54) is 0 Å². The van der Waals surface area contributed by atoms with Crippen LogP contribution >= 0.6 is 11.6 Å². The molecule has 0 unspecified atom stereocenters. The minimum Gasteiger partial charge on any atom is -0.455 e. The average molecular weight is 311 g/mol. The van der Waals surface area contributed by atoms with Gasteiger partial charge >= 0.3 is 0 Å². The van der Waals surface area contributed by atoms with Crippen molar-refractivity contribution in [2.45, 2.75) is 19.6 Å². The minimum absolute atomic E-state index is 0.240. The average Bonchev–Trinajstić information content (AvgIpc) is 2.91. The first kappa shape index (κ1) is 16.0. The first-order valence-corrected chi connectivity index (χ1v) is 7.69. The third-order valence-corrected chi connectivity index (χ3v) is 3.43. The Morgan fingerprint density at radius 2 is 2.00 bits per heavy atom. The zero-order valence-electron chi connectivity index (χ0n) is 12.3. The number of hydrogen-bond acceptors (Lipinski definition) is 2. The summed E-state index contributed by atoms with van der Waals surface area (Å²) in [6, 6.07) is 11.7.